The van der Waals surface area contributed by atoms with Gasteiger partial charge in [0.05, 0.1) is 0 Å². The largest absolute Gasteiger partial charge is 0.456 e. The van der Waals surface area contributed by atoms with Gasteiger partial charge in [-0.05, 0) is 62.3 Å². The van der Waals surface area contributed by atoms with E-state index in [2.05, 4.69) is 89.9 Å². The number of fused-ring (bicyclic) bond motifs is 8. The number of benzene rings is 7. The molecule has 10 rings (SSSR count). The summed E-state index contributed by atoms with van der Waals surface area (Å²) in [6.45, 7) is 0. The standard InChI is InChI=1S/C44H26N4O/c1-2-10-29(11-3-1)42-46-43(48-44(47-42)35-14-8-16-39-41(35)34-13-6-7-15-38(34)49-39)30-19-17-28(18-20-30)36-25-31-23-24-45-26-37(31)40-32-12-5-4-9-27(32)21-22-33(36)40/h1-26H. The Kier molecular flexibility index (Phi) is 6.11. The third-order valence-corrected chi connectivity index (χ3v) is 9.41. The van der Waals surface area contributed by atoms with Crippen molar-refractivity contribution in [1.29, 1.82) is 0 Å². The molecule has 0 spiro atoms. The number of hydrogen-bond acceptors (Lipinski definition) is 5. The summed E-state index contributed by atoms with van der Waals surface area (Å²) in [5, 5.41) is 9.20. The summed E-state index contributed by atoms with van der Waals surface area (Å²) < 4.78 is 6.21. The molecule has 0 aliphatic heterocycles. The molecule has 7 aromatic carbocycles. The molecule has 0 N–H and O–H groups in total. The van der Waals surface area contributed by atoms with Crippen LogP contribution in [-0.2, 0) is 0 Å². The molecule has 0 fully saturated rings. The van der Waals surface area contributed by atoms with Crippen LogP contribution in [0.5, 0.6) is 0 Å². The van der Waals surface area contributed by atoms with E-state index in [0.717, 1.165) is 55.0 Å². The van der Waals surface area contributed by atoms with Crippen molar-refractivity contribution in [3.05, 3.63) is 158 Å². The van der Waals surface area contributed by atoms with Crippen LogP contribution in [0.4, 0.5) is 0 Å². The predicted molar refractivity (Wildman–Crippen MR) is 199 cm³/mol. The maximum atomic E-state index is 6.21. The first-order valence-corrected chi connectivity index (χ1v) is 16.3. The molecular weight excluding hydrogens is 601 g/mol. The first-order chi connectivity index (χ1) is 24.3. The molecule has 0 aliphatic carbocycles. The van der Waals surface area contributed by atoms with Crippen molar-refractivity contribution < 1.29 is 4.42 Å². The molecule has 10 aromatic rings. The minimum Gasteiger partial charge on any atom is -0.456 e. The predicted octanol–water partition coefficient (Wildman–Crippen LogP) is 11.3. The average molecular weight is 627 g/mol. The highest BCUT2D eigenvalue weighted by Gasteiger charge is 2.18. The van der Waals surface area contributed by atoms with Crippen LogP contribution in [0.2, 0.25) is 0 Å². The molecule has 0 amide bonds. The summed E-state index contributed by atoms with van der Waals surface area (Å²) in [7, 11) is 0. The molecule has 0 atom stereocenters. The number of furan rings is 1. The Bertz CT molecular complexity index is 2860. The van der Waals surface area contributed by atoms with Gasteiger partial charge in [0.2, 0.25) is 0 Å². The maximum absolute atomic E-state index is 6.21. The van der Waals surface area contributed by atoms with Gasteiger partial charge in [0, 0.05) is 45.2 Å². The molecule has 3 heterocycles. The quantitative estimate of drug-likeness (QED) is 0.182. The highest BCUT2D eigenvalue weighted by atomic mass is 16.3. The Labute approximate surface area is 281 Å². The molecule has 3 aromatic heterocycles. The van der Waals surface area contributed by atoms with E-state index >= 15 is 0 Å². The second kappa shape index (κ2) is 10.9. The van der Waals surface area contributed by atoms with Gasteiger partial charge in [-0.15, -0.1) is 0 Å². The summed E-state index contributed by atoms with van der Waals surface area (Å²) in [4.78, 5) is 19.6. The zero-order valence-electron chi connectivity index (χ0n) is 26.2. The van der Waals surface area contributed by atoms with Crippen molar-refractivity contribution in [3.8, 4) is 45.3 Å². The van der Waals surface area contributed by atoms with Crippen molar-refractivity contribution in [2.75, 3.05) is 0 Å². The Morgan fingerprint density at radius 3 is 1.94 bits per heavy atom. The van der Waals surface area contributed by atoms with Gasteiger partial charge in [-0.3, -0.25) is 4.98 Å². The summed E-state index contributed by atoms with van der Waals surface area (Å²) in [5.74, 6) is 1.84. The summed E-state index contributed by atoms with van der Waals surface area (Å²) >= 11 is 0. The van der Waals surface area contributed by atoms with E-state index in [1.807, 2.05) is 73.1 Å². The summed E-state index contributed by atoms with van der Waals surface area (Å²) in [5.41, 5.74) is 6.68. The number of nitrogens with zero attached hydrogens (tertiary/aromatic N) is 4. The fraction of sp³-hybridized carbons (Fsp3) is 0. The smallest absolute Gasteiger partial charge is 0.164 e. The van der Waals surface area contributed by atoms with Crippen LogP contribution < -0.4 is 0 Å². The van der Waals surface area contributed by atoms with Gasteiger partial charge < -0.3 is 4.42 Å². The van der Waals surface area contributed by atoms with E-state index in [-0.39, 0.29) is 0 Å². The van der Waals surface area contributed by atoms with Gasteiger partial charge in [0.25, 0.3) is 0 Å². The lowest BCUT2D eigenvalue weighted by atomic mass is 9.91. The topological polar surface area (TPSA) is 64.7 Å². The molecule has 49 heavy (non-hydrogen) atoms. The number of pyridine rings is 1. The Hall–Kier alpha value is -6.72. The van der Waals surface area contributed by atoms with E-state index in [1.54, 1.807) is 0 Å². The minimum atomic E-state index is 0.603. The first kappa shape index (κ1) is 27.4. The number of rotatable bonds is 4. The van der Waals surface area contributed by atoms with E-state index < -0.39 is 0 Å². The van der Waals surface area contributed by atoms with Gasteiger partial charge in [0.1, 0.15) is 11.2 Å². The van der Waals surface area contributed by atoms with Crippen molar-refractivity contribution in [2.24, 2.45) is 0 Å². The lowest BCUT2D eigenvalue weighted by molar-refractivity contribution is 0.669. The third kappa shape index (κ3) is 4.48. The second-order valence-corrected chi connectivity index (χ2v) is 12.3. The van der Waals surface area contributed by atoms with Crippen LogP contribution in [-0.4, -0.2) is 19.9 Å². The van der Waals surface area contributed by atoms with Gasteiger partial charge in [-0.25, -0.2) is 15.0 Å². The minimum absolute atomic E-state index is 0.603. The molecule has 228 valence electrons. The molecule has 0 aliphatic rings. The molecule has 0 saturated heterocycles. The van der Waals surface area contributed by atoms with E-state index in [0.29, 0.717) is 17.5 Å². The van der Waals surface area contributed by atoms with Crippen molar-refractivity contribution in [1.82, 2.24) is 19.9 Å². The van der Waals surface area contributed by atoms with Gasteiger partial charge in [-0.2, -0.15) is 0 Å². The lowest BCUT2D eigenvalue weighted by Gasteiger charge is -2.14. The van der Waals surface area contributed by atoms with E-state index in [9.17, 15) is 0 Å². The number of aromatic nitrogens is 4. The van der Waals surface area contributed by atoms with Gasteiger partial charge in [0.15, 0.2) is 17.5 Å². The van der Waals surface area contributed by atoms with Crippen molar-refractivity contribution in [2.45, 2.75) is 0 Å². The van der Waals surface area contributed by atoms with Crippen LogP contribution >= 0.6 is 0 Å². The highest BCUT2D eigenvalue weighted by Crippen LogP contribution is 2.40. The highest BCUT2D eigenvalue weighted by molar-refractivity contribution is 6.23. The number of para-hydroxylation sites is 1. The fourth-order valence-corrected chi connectivity index (χ4v) is 7.10. The third-order valence-electron chi connectivity index (χ3n) is 9.41. The molecule has 5 heteroatoms. The summed E-state index contributed by atoms with van der Waals surface area (Å²) in [6, 6.07) is 50.1. The maximum Gasteiger partial charge on any atom is 0.164 e. The Balaban J connectivity index is 1.15. The fourth-order valence-electron chi connectivity index (χ4n) is 7.10. The van der Waals surface area contributed by atoms with Gasteiger partial charge in [-0.1, -0.05) is 121 Å². The van der Waals surface area contributed by atoms with Crippen LogP contribution in [0.3, 0.4) is 0 Å². The summed E-state index contributed by atoms with van der Waals surface area (Å²) in [6.07, 6.45) is 3.84. The SMILES string of the molecule is c1ccc(-c2nc(-c3ccc(-c4cc5ccncc5c5c4ccc4ccccc45)cc3)nc(-c3cccc4oc5ccccc5c34)n2)cc1. The molecule has 5 nitrogen and oxygen atoms in total. The second-order valence-electron chi connectivity index (χ2n) is 12.3. The van der Waals surface area contributed by atoms with E-state index in [4.69, 9.17) is 19.4 Å². The van der Waals surface area contributed by atoms with Crippen LogP contribution in [0.1, 0.15) is 0 Å². The zero-order chi connectivity index (χ0) is 32.3. The van der Waals surface area contributed by atoms with Crippen LogP contribution in [0.15, 0.2) is 162 Å². The monoisotopic (exact) mass is 626 g/mol. The van der Waals surface area contributed by atoms with Crippen LogP contribution in [0, 0.1) is 0 Å². The molecule has 0 saturated carbocycles. The Morgan fingerprint density at radius 1 is 0.388 bits per heavy atom. The normalized spacial score (nSPS) is 11.7. The van der Waals surface area contributed by atoms with E-state index in [1.165, 1.54) is 27.1 Å². The van der Waals surface area contributed by atoms with Crippen molar-refractivity contribution in [3.63, 3.8) is 0 Å². The molecule has 0 bridgehead atoms. The molecular formula is C44H26N4O. The van der Waals surface area contributed by atoms with Gasteiger partial charge >= 0.3 is 0 Å². The first-order valence-electron chi connectivity index (χ1n) is 16.3. The number of hydrogen-bond donors (Lipinski definition) is 0. The lowest BCUT2D eigenvalue weighted by Crippen LogP contribution is -2.00. The molecule has 0 radical (unpaired) electrons. The Morgan fingerprint density at radius 2 is 1.08 bits per heavy atom. The van der Waals surface area contributed by atoms with Crippen molar-refractivity contribution >= 4 is 54.3 Å². The molecule has 0 unspecified atom stereocenters. The average Bonchev–Trinajstić information content (AvgIpc) is 3.57. The zero-order valence-corrected chi connectivity index (χ0v) is 26.2. The van der Waals surface area contributed by atoms with Crippen LogP contribution in [0.25, 0.3) is 99.5 Å².